The van der Waals surface area contributed by atoms with Crippen molar-refractivity contribution >= 4 is 15.9 Å². The van der Waals surface area contributed by atoms with Gasteiger partial charge in [0.2, 0.25) is 15.9 Å². The maximum absolute atomic E-state index is 11.8. The van der Waals surface area contributed by atoms with Gasteiger partial charge in [-0.25, -0.2) is 12.7 Å². The molecule has 0 radical (unpaired) electrons. The lowest BCUT2D eigenvalue weighted by Crippen LogP contribution is -2.40. The Balaban J connectivity index is 1.75. The van der Waals surface area contributed by atoms with Crippen molar-refractivity contribution in [2.45, 2.75) is 25.8 Å². The van der Waals surface area contributed by atoms with Crippen LogP contribution in [-0.2, 0) is 21.4 Å². The molecule has 5 nitrogen and oxygen atoms in total. The molecule has 1 fully saturated rings. The summed E-state index contributed by atoms with van der Waals surface area (Å²) in [5.74, 6) is 0.0909. The molecule has 1 aromatic rings. The van der Waals surface area contributed by atoms with Gasteiger partial charge in [0.15, 0.2) is 0 Å². The molecular weight excluding hydrogens is 276 g/mol. The van der Waals surface area contributed by atoms with Crippen molar-refractivity contribution in [1.29, 1.82) is 0 Å². The van der Waals surface area contributed by atoms with E-state index in [0.29, 0.717) is 13.1 Å². The Morgan fingerprint density at radius 2 is 1.95 bits per heavy atom. The van der Waals surface area contributed by atoms with Crippen LogP contribution >= 0.6 is 0 Å². The average Bonchev–Trinajstić information content (AvgIpc) is 2.44. The van der Waals surface area contributed by atoms with Crippen LogP contribution in [0.2, 0.25) is 0 Å². The molecule has 0 aromatic heterocycles. The predicted molar refractivity (Wildman–Crippen MR) is 77.5 cm³/mol. The second-order valence-corrected chi connectivity index (χ2v) is 7.02. The Bertz CT molecular complexity index is 543. The number of benzene rings is 1. The molecule has 1 aliphatic heterocycles. The van der Waals surface area contributed by atoms with E-state index in [0.717, 1.165) is 18.4 Å². The first-order chi connectivity index (χ1) is 9.58. The summed E-state index contributed by atoms with van der Waals surface area (Å²) in [6, 6.07) is 9.64. The third kappa shape index (κ3) is 4.31. The van der Waals surface area contributed by atoms with E-state index in [4.69, 9.17) is 0 Å². The molecule has 2 rings (SSSR count). The average molecular weight is 296 g/mol. The minimum absolute atomic E-state index is 0.116. The van der Waals surface area contributed by atoms with E-state index < -0.39 is 10.0 Å². The normalized spacial score (nSPS) is 18.6. The van der Waals surface area contributed by atoms with Crippen LogP contribution in [0, 0.1) is 0 Å². The van der Waals surface area contributed by atoms with Crippen LogP contribution < -0.4 is 5.32 Å². The van der Waals surface area contributed by atoms with Gasteiger partial charge in [0.25, 0.3) is 0 Å². The predicted octanol–water partition coefficient (Wildman–Crippen LogP) is 1.12. The van der Waals surface area contributed by atoms with Crippen molar-refractivity contribution < 1.29 is 13.2 Å². The number of hydrogen-bond donors (Lipinski definition) is 1. The molecule has 1 aliphatic rings. The molecule has 0 spiro atoms. The van der Waals surface area contributed by atoms with Gasteiger partial charge in [-0.2, -0.15) is 0 Å². The van der Waals surface area contributed by atoms with Crippen molar-refractivity contribution in [1.82, 2.24) is 9.62 Å². The molecule has 0 bridgehead atoms. The number of sulfonamides is 1. The monoisotopic (exact) mass is 296 g/mol. The zero-order valence-electron chi connectivity index (χ0n) is 11.4. The Kier molecular flexibility index (Phi) is 5.14. The molecule has 1 heterocycles. The number of rotatable bonds is 5. The van der Waals surface area contributed by atoms with Crippen molar-refractivity contribution in [3.63, 3.8) is 0 Å². The number of carbonyl (C=O) groups is 1. The van der Waals surface area contributed by atoms with E-state index in [1.165, 1.54) is 4.31 Å². The first-order valence-electron chi connectivity index (χ1n) is 6.86. The summed E-state index contributed by atoms with van der Waals surface area (Å²) < 4.78 is 25.0. The molecule has 0 unspecified atom stereocenters. The number of amides is 1. The van der Waals surface area contributed by atoms with Crippen molar-refractivity contribution in [3.05, 3.63) is 35.9 Å². The fraction of sp³-hybridized carbons (Fsp3) is 0.500. The molecule has 1 aromatic carbocycles. The van der Waals surface area contributed by atoms with E-state index in [2.05, 4.69) is 5.32 Å². The highest BCUT2D eigenvalue weighted by Gasteiger charge is 2.25. The van der Waals surface area contributed by atoms with Gasteiger partial charge in [-0.3, -0.25) is 4.79 Å². The fourth-order valence-corrected chi connectivity index (χ4v) is 3.81. The molecule has 20 heavy (non-hydrogen) atoms. The van der Waals surface area contributed by atoms with Gasteiger partial charge >= 0.3 is 0 Å². The summed E-state index contributed by atoms with van der Waals surface area (Å²) in [4.78, 5) is 11.7. The van der Waals surface area contributed by atoms with Crippen LogP contribution in [0.25, 0.3) is 0 Å². The third-order valence-corrected chi connectivity index (χ3v) is 5.33. The minimum atomic E-state index is -3.13. The second kappa shape index (κ2) is 6.85. The maximum atomic E-state index is 11.8. The van der Waals surface area contributed by atoms with Gasteiger partial charge in [-0.05, 0) is 18.4 Å². The molecule has 0 saturated carbocycles. The minimum Gasteiger partial charge on any atom is -0.352 e. The van der Waals surface area contributed by atoms with Gasteiger partial charge in [0.1, 0.15) is 0 Å². The highest BCUT2D eigenvalue weighted by molar-refractivity contribution is 7.89. The molecule has 1 saturated heterocycles. The molecule has 110 valence electrons. The summed E-state index contributed by atoms with van der Waals surface area (Å²) in [6.07, 6.45) is 1.82. The summed E-state index contributed by atoms with van der Waals surface area (Å²) in [5.41, 5.74) is 1.03. The number of carbonyl (C=O) groups excluding carboxylic acids is 1. The van der Waals surface area contributed by atoms with Crippen molar-refractivity contribution in [3.8, 4) is 0 Å². The molecule has 1 N–H and O–H groups in total. The quantitative estimate of drug-likeness (QED) is 0.885. The maximum Gasteiger partial charge on any atom is 0.221 e. The second-order valence-electron chi connectivity index (χ2n) is 4.93. The number of hydrogen-bond acceptors (Lipinski definition) is 3. The van der Waals surface area contributed by atoms with Gasteiger partial charge in [-0.1, -0.05) is 30.3 Å². The Labute approximate surface area is 120 Å². The van der Waals surface area contributed by atoms with Crippen LogP contribution in [0.15, 0.2) is 30.3 Å². The van der Waals surface area contributed by atoms with E-state index >= 15 is 0 Å². The largest absolute Gasteiger partial charge is 0.352 e. The zero-order chi connectivity index (χ0) is 14.4. The first-order valence-corrected chi connectivity index (χ1v) is 8.47. The molecule has 0 atom stereocenters. The molecule has 0 aliphatic carbocycles. The van der Waals surface area contributed by atoms with Crippen molar-refractivity contribution in [2.75, 3.05) is 18.8 Å². The van der Waals surface area contributed by atoms with E-state index in [-0.39, 0.29) is 24.6 Å². The highest BCUT2D eigenvalue weighted by Crippen LogP contribution is 2.13. The SMILES string of the molecule is O=C(CCN1CCCCS1(=O)=O)NCc1ccccc1. The highest BCUT2D eigenvalue weighted by atomic mass is 32.2. The van der Waals surface area contributed by atoms with Crippen LogP contribution in [0.3, 0.4) is 0 Å². The lowest BCUT2D eigenvalue weighted by atomic mass is 10.2. The summed E-state index contributed by atoms with van der Waals surface area (Å²) in [5, 5.41) is 2.81. The Morgan fingerprint density at radius 1 is 1.20 bits per heavy atom. The summed E-state index contributed by atoms with van der Waals surface area (Å²) in [7, 11) is -3.13. The van der Waals surface area contributed by atoms with Crippen molar-refractivity contribution in [2.24, 2.45) is 0 Å². The van der Waals surface area contributed by atoms with Gasteiger partial charge in [-0.15, -0.1) is 0 Å². The fourth-order valence-electron chi connectivity index (χ4n) is 2.20. The van der Waals surface area contributed by atoms with Crippen LogP contribution in [0.1, 0.15) is 24.8 Å². The summed E-state index contributed by atoms with van der Waals surface area (Å²) >= 11 is 0. The zero-order valence-corrected chi connectivity index (χ0v) is 12.2. The standard InChI is InChI=1S/C14H20N2O3S/c17-14(15-12-13-6-2-1-3-7-13)8-10-16-9-4-5-11-20(16,18)19/h1-3,6-7H,4-5,8-12H2,(H,15,17). The Hall–Kier alpha value is -1.40. The Morgan fingerprint density at radius 3 is 2.65 bits per heavy atom. The smallest absolute Gasteiger partial charge is 0.221 e. The van der Waals surface area contributed by atoms with Crippen LogP contribution in [0.4, 0.5) is 0 Å². The third-order valence-electron chi connectivity index (χ3n) is 3.37. The van der Waals surface area contributed by atoms with E-state index in [9.17, 15) is 13.2 Å². The molecule has 1 amide bonds. The van der Waals surface area contributed by atoms with Crippen LogP contribution in [-0.4, -0.2) is 37.5 Å². The lowest BCUT2D eigenvalue weighted by molar-refractivity contribution is -0.121. The first kappa shape index (κ1) is 15.0. The molecular formula is C14H20N2O3S. The lowest BCUT2D eigenvalue weighted by Gasteiger charge is -2.25. The topological polar surface area (TPSA) is 66.5 Å². The molecule has 6 heteroatoms. The number of nitrogens with zero attached hydrogens (tertiary/aromatic N) is 1. The van der Waals surface area contributed by atoms with Gasteiger partial charge in [0.05, 0.1) is 5.75 Å². The number of nitrogens with one attached hydrogen (secondary N) is 1. The van der Waals surface area contributed by atoms with Crippen LogP contribution in [0.5, 0.6) is 0 Å². The van der Waals surface area contributed by atoms with E-state index in [1.807, 2.05) is 30.3 Å². The summed E-state index contributed by atoms with van der Waals surface area (Å²) in [6.45, 7) is 1.30. The van der Waals surface area contributed by atoms with E-state index in [1.54, 1.807) is 0 Å². The van der Waals surface area contributed by atoms with Gasteiger partial charge < -0.3 is 5.32 Å². The van der Waals surface area contributed by atoms with Gasteiger partial charge in [0, 0.05) is 26.1 Å².